The average molecular weight is 324 g/mol. The molecule has 7 nitrogen and oxygen atoms in total. The van der Waals surface area contributed by atoms with Gasteiger partial charge in [0.2, 0.25) is 5.88 Å². The van der Waals surface area contributed by atoms with Crippen LogP contribution in [0.25, 0.3) is 5.65 Å². The summed E-state index contributed by atoms with van der Waals surface area (Å²) in [6, 6.07) is 7.35. The van der Waals surface area contributed by atoms with Gasteiger partial charge in [0.25, 0.3) is 0 Å². The van der Waals surface area contributed by atoms with E-state index >= 15 is 0 Å². The van der Waals surface area contributed by atoms with Crippen LogP contribution in [-0.2, 0) is 6.61 Å². The van der Waals surface area contributed by atoms with Gasteiger partial charge in [-0.1, -0.05) is 6.07 Å². The first-order valence-electron chi connectivity index (χ1n) is 7.71. The fourth-order valence-corrected chi connectivity index (χ4v) is 2.59. The Morgan fingerprint density at radius 1 is 1.29 bits per heavy atom. The molecule has 1 amide bonds. The molecule has 24 heavy (non-hydrogen) atoms. The Balaban J connectivity index is 1.47. The average Bonchev–Trinajstić information content (AvgIpc) is 3.32. The van der Waals surface area contributed by atoms with Gasteiger partial charge in [-0.15, -0.1) is 0 Å². The zero-order valence-electron chi connectivity index (χ0n) is 12.9. The molecule has 3 aromatic heterocycles. The largest absolute Gasteiger partial charge is 0.487 e. The lowest BCUT2D eigenvalue weighted by atomic mass is 10.2. The molecule has 0 unspecified atom stereocenters. The highest BCUT2D eigenvalue weighted by molar-refractivity contribution is 5.67. The molecule has 1 fully saturated rings. The number of carbonyl (C=O) groups excluding carboxylic acids is 1. The van der Waals surface area contributed by atoms with E-state index in [1.807, 2.05) is 16.7 Å². The molecule has 0 bridgehead atoms. The molecule has 0 aromatic carbocycles. The lowest BCUT2D eigenvalue weighted by molar-refractivity contribution is 0.208. The van der Waals surface area contributed by atoms with Crippen LogP contribution in [0.4, 0.5) is 4.79 Å². The maximum Gasteiger partial charge on any atom is 0.411 e. The van der Waals surface area contributed by atoms with Gasteiger partial charge in [0.05, 0.1) is 5.69 Å². The van der Waals surface area contributed by atoms with E-state index < -0.39 is 6.09 Å². The predicted molar refractivity (Wildman–Crippen MR) is 85.9 cm³/mol. The number of ether oxygens (including phenoxy) is 2. The summed E-state index contributed by atoms with van der Waals surface area (Å²) in [6.07, 6.45) is 7.21. The summed E-state index contributed by atoms with van der Waals surface area (Å²) < 4.78 is 12.4. The van der Waals surface area contributed by atoms with Crippen molar-refractivity contribution in [3.05, 3.63) is 54.1 Å². The Labute approximate surface area is 138 Å². The van der Waals surface area contributed by atoms with Gasteiger partial charge >= 0.3 is 6.09 Å². The van der Waals surface area contributed by atoms with E-state index in [2.05, 4.69) is 22.2 Å². The fraction of sp³-hybridized carbons (Fsp3) is 0.235. The third-order valence-electron chi connectivity index (χ3n) is 3.87. The molecule has 3 aromatic rings. The number of pyridine rings is 2. The quantitative estimate of drug-likeness (QED) is 0.779. The fourth-order valence-electron chi connectivity index (χ4n) is 2.59. The van der Waals surface area contributed by atoms with E-state index in [-0.39, 0.29) is 5.88 Å². The highest BCUT2D eigenvalue weighted by atomic mass is 16.6. The Morgan fingerprint density at radius 3 is 2.96 bits per heavy atom. The minimum absolute atomic E-state index is 0.101. The number of nitrogens with zero attached hydrogens (tertiary/aromatic N) is 3. The van der Waals surface area contributed by atoms with Crippen LogP contribution >= 0.6 is 0 Å². The summed E-state index contributed by atoms with van der Waals surface area (Å²) in [6.45, 7) is 0.306. The summed E-state index contributed by atoms with van der Waals surface area (Å²) in [5.41, 5.74) is 8.03. The van der Waals surface area contributed by atoms with Crippen molar-refractivity contribution in [2.45, 2.75) is 25.4 Å². The zero-order chi connectivity index (χ0) is 16.5. The molecule has 3 heterocycles. The van der Waals surface area contributed by atoms with Gasteiger partial charge in [-0.25, -0.2) is 14.8 Å². The van der Waals surface area contributed by atoms with E-state index in [9.17, 15) is 4.79 Å². The second-order valence-electron chi connectivity index (χ2n) is 5.77. The van der Waals surface area contributed by atoms with Crippen molar-refractivity contribution in [3.8, 4) is 11.6 Å². The molecule has 0 spiro atoms. The third kappa shape index (κ3) is 3.15. The molecular weight excluding hydrogens is 308 g/mol. The van der Waals surface area contributed by atoms with Gasteiger partial charge in [0.15, 0.2) is 0 Å². The van der Waals surface area contributed by atoms with Gasteiger partial charge in [0.1, 0.15) is 18.0 Å². The van der Waals surface area contributed by atoms with Crippen molar-refractivity contribution in [1.29, 1.82) is 0 Å². The van der Waals surface area contributed by atoms with E-state index in [1.165, 1.54) is 30.7 Å². The van der Waals surface area contributed by atoms with Gasteiger partial charge in [0, 0.05) is 24.7 Å². The van der Waals surface area contributed by atoms with Gasteiger partial charge < -0.3 is 19.6 Å². The summed E-state index contributed by atoms with van der Waals surface area (Å²) in [5.74, 6) is 1.33. The van der Waals surface area contributed by atoms with Crippen molar-refractivity contribution < 1.29 is 14.3 Å². The first-order valence-corrected chi connectivity index (χ1v) is 7.71. The zero-order valence-corrected chi connectivity index (χ0v) is 12.9. The van der Waals surface area contributed by atoms with Crippen LogP contribution in [-0.4, -0.2) is 20.5 Å². The number of rotatable bonds is 5. The number of fused-ring (bicyclic) bond motifs is 1. The van der Waals surface area contributed by atoms with Crippen LogP contribution in [0.15, 0.2) is 42.9 Å². The molecule has 1 saturated carbocycles. The molecule has 1 aliphatic rings. The molecule has 0 aliphatic heterocycles. The number of hydrogen-bond donors (Lipinski definition) is 1. The number of nitrogens with two attached hydrogens (primary N) is 1. The van der Waals surface area contributed by atoms with Crippen molar-refractivity contribution >= 4 is 11.7 Å². The highest BCUT2D eigenvalue weighted by Gasteiger charge is 2.23. The first kappa shape index (κ1) is 14.5. The van der Waals surface area contributed by atoms with E-state index in [0.717, 1.165) is 11.3 Å². The molecule has 122 valence electrons. The molecule has 2 N–H and O–H groups in total. The number of amides is 1. The second-order valence-corrected chi connectivity index (χ2v) is 5.77. The van der Waals surface area contributed by atoms with Gasteiger partial charge in [-0.05, 0) is 36.5 Å². The van der Waals surface area contributed by atoms with Crippen LogP contribution in [0.5, 0.6) is 11.6 Å². The standard InChI is InChI=1S/C17H16N4O3/c18-17(22)24-16-7-14(5-6-19-16)23-10-13-9-21-8-12(11-1-2-11)3-4-15(21)20-13/h3-9,11H,1-2,10H2,(H2,18,22). The van der Waals surface area contributed by atoms with Crippen LogP contribution in [0, 0.1) is 0 Å². The summed E-state index contributed by atoms with van der Waals surface area (Å²) in [5, 5.41) is 0. The maximum atomic E-state index is 10.7. The molecule has 0 atom stereocenters. The summed E-state index contributed by atoms with van der Waals surface area (Å²) >= 11 is 0. The Hall–Kier alpha value is -3.09. The number of carbonyl (C=O) groups is 1. The molecule has 1 aliphatic carbocycles. The lowest BCUT2D eigenvalue weighted by Gasteiger charge is -2.05. The van der Waals surface area contributed by atoms with E-state index in [4.69, 9.17) is 15.2 Å². The lowest BCUT2D eigenvalue weighted by Crippen LogP contribution is -2.16. The van der Waals surface area contributed by atoms with Crippen molar-refractivity contribution in [2.75, 3.05) is 0 Å². The number of hydrogen-bond acceptors (Lipinski definition) is 5. The Kier molecular flexibility index (Phi) is 3.53. The third-order valence-corrected chi connectivity index (χ3v) is 3.87. The monoisotopic (exact) mass is 324 g/mol. The Morgan fingerprint density at radius 2 is 2.17 bits per heavy atom. The first-order chi connectivity index (χ1) is 11.7. The van der Waals surface area contributed by atoms with E-state index in [1.54, 1.807) is 6.07 Å². The summed E-state index contributed by atoms with van der Waals surface area (Å²) in [4.78, 5) is 19.2. The second kappa shape index (κ2) is 5.84. The minimum Gasteiger partial charge on any atom is -0.487 e. The van der Waals surface area contributed by atoms with Crippen molar-refractivity contribution in [3.63, 3.8) is 0 Å². The van der Waals surface area contributed by atoms with Gasteiger partial charge in [-0.3, -0.25) is 0 Å². The molecular formula is C17H16N4O3. The molecule has 7 heteroatoms. The maximum absolute atomic E-state index is 10.7. The molecule has 0 radical (unpaired) electrons. The number of primary amides is 1. The Bertz CT molecular complexity index is 902. The van der Waals surface area contributed by atoms with Crippen LogP contribution in [0.1, 0.15) is 30.0 Å². The predicted octanol–water partition coefficient (Wildman–Crippen LogP) is 2.64. The normalized spacial score (nSPS) is 13.8. The SMILES string of the molecule is NC(=O)Oc1cc(OCc2cn3cc(C4CC4)ccc3n2)ccn1. The van der Waals surface area contributed by atoms with Crippen LogP contribution < -0.4 is 15.2 Å². The smallest absolute Gasteiger partial charge is 0.411 e. The van der Waals surface area contributed by atoms with Crippen LogP contribution in [0.3, 0.4) is 0 Å². The van der Waals surface area contributed by atoms with Crippen LogP contribution in [0.2, 0.25) is 0 Å². The topological polar surface area (TPSA) is 91.7 Å². The van der Waals surface area contributed by atoms with Gasteiger partial charge in [-0.2, -0.15) is 0 Å². The highest BCUT2D eigenvalue weighted by Crippen LogP contribution is 2.39. The molecule has 0 saturated heterocycles. The minimum atomic E-state index is -0.911. The van der Waals surface area contributed by atoms with Crippen molar-refractivity contribution in [2.24, 2.45) is 5.73 Å². The number of aromatic nitrogens is 3. The van der Waals surface area contributed by atoms with Crippen molar-refractivity contribution in [1.82, 2.24) is 14.4 Å². The number of imidazole rings is 1. The summed E-state index contributed by atoms with van der Waals surface area (Å²) in [7, 11) is 0. The van der Waals surface area contributed by atoms with E-state index in [0.29, 0.717) is 18.3 Å². The molecule has 4 rings (SSSR count).